The molecule has 0 saturated heterocycles. The molecule has 31 heavy (non-hydrogen) atoms. The average molecular weight is 464 g/mol. The van der Waals surface area contributed by atoms with E-state index in [1.54, 1.807) is 21.6 Å². The maximum atomic E-state index is 5.92. The van der Waals surface area contributed by atoms with Crippen LogP contribution in [0.5, 0.6) is 0 Å². The van der Waals surface area contributed by atoms with Gasteiger partial charge in [-0.15, -0.1) is 11.3 Å². The molecule has 4 heteroatoms. The highest BCUT2D eigenvalue weighted by Crippen LogP contribution is 2.52. The van der Waals surface area contributed by atoms with Gasteiger partial charge in [-0.3, -0.25) is 0 Å². The normalized spacial score (nSPS) is 19.3. The molecule has 1 heterocycles. The lowest BCUT2D eigenvalue weighted by molar-refractivity contribution is -0.00471. The van der Waals surface area contributed by atoms with Gasteiger partial charge in [-0.25, -0.2) is 0 Å². The van der Waals surface area contributed by atoms with Gasteiger partial charge in [0.2, 0.25) is 0 Å². The molecule has 0 N–H and O–H groups in total. The van der Waals surface area contributed by atoms with E-state index in [9.17, 15) is 0 Å². The quantitative estimate of drug-likeness (QED) is 0.254. The Bertz CT molecular complexity index is 767. The van der Waals surface area contributed by atoms with Crippen molar-refractivity contribution in [1.82, 2.24) is 4.57 Å². The molecule has 1 aliphatic rings. The van der Waals surface area contributed by atoms with Gasteiger partial charge in [0.15, 0.2) is 0 Å². The van der Waals surface area contributed by atoms with E-state index in [2.05, 4.69) is 97.8 Å². The Hall–Kier alpha value is -0.423. The first-order valence-corrected chi connectivity index (χ1v) is 16.0. The molecular weight excluding hydrogens is 414 g/mol. The van der Waals surface area contributed by atoms with Crippen LogP contribution in [0.4, 0.5) is 0 Å². The Morgan fingerprint density at radius 2 is 1.61 bits per heavy atom. The average Bonchev–Trinajstić information content (AvgIpc) is 3.09. The van der Waals surface area contributed by atoms with E-state index in [4.69, 9.17) is 4.74 Å². The second-order valence-corrected chi connectivity index (χ2v) is 17.4. The largest absolute Gasteiger partial charge is 0.376 e. The summed E-state index contributed by atoms with van der Waals surface area (Å²) in [7, 11) is -1.77. The third-order valence-electron chi connectivity index (χ3n) is 7.05. The zero-order valence-corrected chi connectivity index (χ0v) is 24.2. The SMILES string of the molecule is CCN(C(C)(C)C)[Si](C)(CCCCCCOC(C)(C)C)C1C(C)=C(C)c2cc(C)sc21. The molecule has 178 valence electrons. The molecule has 0 fully saturated rings. The Morgan fingerprint density at radius 1 is 1.00 bits per heavy atom. The van der Waals surface area contributed by atoms with Crippen LogP contribution in [0.1, 0.15) is 109 Å². The number of aryl methyl sites for hydroxylation is 1. The minimum absolute atomic E-state index is 0.0133. The molecule has 0 saturated carbocycles. The molecule has 1 aromatic rings. The van der Waals surface area contributed by atoms with Gasteiger partial charge in [-0.05, 0) is 98.5 Å². The monoisotopic (exact) mass is 463 g/mol. The summed E-state index contributed by atoms with van der Waals surface area (Å²) < 4.78 is 8.85. The second kappa shape index (κ2) is 10.2. The van der Waals surface area contributed by atoms with Crippen molar-refractivity contribution in [3.63, 3.8) is 0 Å². The fourth-order valence-electron chi connectivity index (χ4n) is 5.77. The van der Waals surface area contributed by atoms with Crippen molar-refractivity contribution < 1.29 is 4.74 Å². The van der Waals surface area contributed by atoms with E-state index in [0.29, 0.717) is 5.54 Å². The van der Waals surface area contributed by atoms with Crippen LogP contribution in [0.2, 0.25) is 12.6 Å². The van der Waals surface area contributed by atoms with Crippen molar-refractivity contribution in [2.45, 2.75) is 124 Å². The number of hydrogen-bond donors (Lipinski definition) is 0. The third kappa shape index (κ3) is 6.34. The summed E-state index contributed by atoms with van der Waals surface area (Å²) >= 11 is 2.06. The molecule has 2 atom stereocenters. The lowest BCUT2D eigenvalue weighted by atomic mass is 10.1. The van der Waals surface area contributed by atoms with Crippen molar-refractivity contribution in [3.8, 4) is 0 Å². The number of allylic oxidation sites excluding steroid dienone is 2. The highest BCUT2D eigenvalue weighted by atomic mass is 32.1. The predicted octanol–water partition coefficient (Wildman–Crippen LogP) is 8.56. The van der Waals surface area contributed by atoms with Gasteiger partial charge in [0.05, 0.1) is 5.60 Å². The minimum Gasteiger partial charge on any atom is -0.376 e. The van der Waals surface area contributed by atoms with Crippen LogP contribution in [0, 0.1) is 6.92 Å². The summed E-state index contributed by atoms with van der Waals surface area (Å²) in [5.41, 5.74) is 5.58. The van der Waals surface area contributed by atoms with E-state index in [0.717, 1.165) is 13.2 Å². The Morgan fingerprint density at radius 3 is 2.16 bits per heavy atom. The number of ether oxygens (including phenoxy) is 1. The van der Waals surface area contributed by atoms with Gasteiger partial charge in [0.25, 0.3) is 0 Å². The Labute approximate surface area is 198 Å². The molecule has 2 rings (SSSR count). The summed E-state index contributed by atoms with van der Waals surface area (Å²) in [5.74, 6) is 0. The number of unbranched alkanes of at least 4 members (excludes halogenated alkanes) is 3. The van der Waals surface area contributed by atoms with Crippen molar-refractivity contribution in [2.75, 3.05) is 13.2 Å². The van der Waals surface area contributed by atoms with Crippen molar-refractivity contribution in [3.05, 3.63) is 27.0 Å². The molecule has 2 unspecified atom stereocenters. The number of hydrogen-bond acceptors (Lipinski definition) is 3. The Kier molecular flexibility index (Phi) is 8.86. The zero-order valence-electron chi connectivity index (χ0n) is 22.4. The zero-order chi connectivity index (χ0) is 23.6. The van der Waals surface area contributed by atoms with Crippen molar-refractivity contribution >= 4 is 25.1 Å². The van der Waals surface area contributed by atoms with Gasteiger partial charge in [-0.2, -0.15) is 0 Å². The Balaban J connectivity index is 2.20. The minimum atomic E-state index is -1.77. The smallest absolute Gasteiger partial charge is 0.138 e. The number of thiophene rings is 1. The second-order valence-electron chi connectivity index (χ2n) is 11.8. The highest BCUT2D eigenvalue weighted by molar-refractivity contribution is 7.13. The lowest BCUT2D eigenvalue weighted by Crippen LogP contribution is -2.62. The number of rotatable bonds is 10. The summed E-state index contributed by atoms with van der Waals surface area (Å²) in [6.45, 7) is 27.9. The van der Waals surface area contributed by atoms with Gasteiger partial charge in [0, 0.05) is 27.4 Å². The summed E-state index contributed by atoms with van der Waals surface area (Å²) in [6.07, 6.45) is 5.13. The molecule has 0 amide bonds. The van der Waals surface area contributed by atoms with Crippen LogP contribution in [-0.4, -0.2) is 37.1 Å². The van der Waals surface area contributed by atoms with Crippen LogP contribution < -0.4 is 0 Å². The summed E-state index contributed by atoms with van der Waals surface area (Å²) in [6, 6.07) is 3.82. The maximum absolute atomic E-state index is 5.92. The van der Waals surface area contributed by atoms with E-state index < -0.39 is 8.24 Å². The fourth-order valence-corrected chi connectivity index (χ4v) is 13.8. The molecule has 1 aliphatic carbocycles. The lowest BCUT2D eigenvalue weighted by Gasteiger charge is -2.51. The molecule has 0 aromatic carbocycles. The number of fused-ring (bicyclic) bond motifs is 1. The predicted molar refractivity (Wildman–Crippen MR) is 143 cm³/mol. The van der Waals surface area contributed by atoms with Crippen molar-refractivity contribution in [2.24, 2.45) is 0 Å². The first-order chi connectivity index (χ1) is 14.2. The summed E-state index contributed by atoms with van der Waals surface area (Å²) in [4.78, 5) is 3.14. The molecule has 2 nitrogen and oxygen atoms in total. The molecule has 1 aromatic heterocycles. The van der Waals surface area contributed by atoms with E-state index in [-0.39, 0.29) is 11.1 Å². The first kappa shape index (κ1) is 26.8. The van der Waals surface area contributed by atoms with Crippen LogP contribution in [0.25, 0.3) is 5.57 Å². The maximum Gasteiger partial charge on any atom is 0.138 e. The topological polar surface area (TPSA) is 12.5 Å². The van der Waals surface area contributed by atoms with E-state index in [1.165, 1.54) is 36.6 Å². The van der Waals surface area contributed by atoms with E-state index >= 15 is 0 Å². The van der Waals surface area contributed by atoms with Crippen LogP contribution in [0.15, 0.2) is 11.6 Å². The van der Waals surface area contributed by atoms with Gasteiger partial charge >= 0.3 is 0 Å². The van der Waals surface area contributed by atoms with Crippen LogP contribution in [-0.2, 0) is 4.74 Å². The molecule has 0 aliphatic heterocycles. The van der Waals surface area contributed by atoms with Gasteiger partial charge in [0.1, 0.15) is 8.24 Å². The van der Waals surface area contributed by atoms with Gasteiger partial charge < -0.3 is 9.30 Å². The fraction of sp³-hybridized carbons (Fsp3) is 0.778. The number of nitrogens with zero attached hydrogens (tertiary/aromatic N) is 1. The molecular formula is C27H49NOSSi. The van der Waals surface area contributed by atoms with Crippen LogP contribution >= 0.6 is 11.3 Å². The van der Waals surface area contributed by atoms with Gasteiger partial charge in [-0.1, -0.05) is 38.3 Å². The summed E-state index contributed by atoms with van der Waals surface area (Å²) in [5, 5.41) is 0. The molecule has 0 radical (unpaired) electrons. The van der Waals surface area contributed by atoms with Crippen molar-refractivity contribution in [1.29, 1.82) is 0 Å². The highest BCUT2D eigenvalue weighted by Gasteiger charge is 2.50. The standard InChI is InChI=1S/C27H49NOSSi/c1-12-28(26(5,6)7)31(11,18-16-14-13-15-17-29-27(8,9)10)25-22(4)21(3)23-19-20(2)30-24(23)25/h19,25H,12-18H2,1-11H3. The first-order valence-electron chi connectivity index (χ1n) is 12.4. The third-order valence-corrected chi connectivity index (χ3v) is 13.9. The van der Waals surface area contributed by atoms with E-state index in [1.807, 2.05) is 0 Å². The molecule has 0 bridgehead atoms. The van der Waals surface area contributed by atoms with Crippen LogP contribution in [0.3, 0.4) is 0 Å². The molecule has 0 spiro atoms.